The third-order valence-corrected chi connectivity index (χ3v) is 7.34. The van der Waals surface area contributed by atoms with Crippen molar-refractivity contribution in [1.82, 2.24) is 4.31 Å². The molecule has 1 saturated heterocycles. The van der Waals surface area contributed by atoms with E-state index >= 15 is 0 Å². The summed E-state index contributed by atoms with van der Waals surface area (Å²) < 4.78 is 33.2. The molecular weight excluding hydrogens is 418 g/mol. The molecule has 0 bridgehead atoms. The Morgan fingerprint density at radius 2 is 1.61 bits per heavy atom. The molecule has 166 valence electrons. The van der Waals surface area contributed by atoms with E-state index in [2.05, 4.69) is 0 Å². The molecule has 0 radical (unpaired) electrons. The van der Waals surface area contributed by atoms with E-state index < -0.39 is 21.8 Å². The molecule has 1 heterocycles. The fourth-order valence-corrected chi connectivity index (χ4v) is 5.14. The molecule has 8 nitrogen and oxygen atoms in total. The molecule has 0 aliphatic carbocycles. The number of methoxy groups -OCH3 is 1. The van der Waals surface area contributed by atoms with Crippen LogP contribution >= 0.6 is 0 Å². The predicted octanol–water partition coefficient (Wildman–Crippen LogP) is 2.64. The number of rotatable bonds is 6. The standard InChI is InChI=1S/C22H27N3O5S/c1-24(17-9-7-16(8-10-17)21(23)26)22(27)19-15-18(11-12-20(19)30-2)31(28,29)25-13-5-3-4-6-14-25/h7-12,15H,3-6,13-14H2,1-2H3,(H2,23,26). The maximum absolute atomic E-state index is 13.2. The highest BCUT2D eigenvalue weighted by molar-refractivity contribution is 7.89. The minimum absolute atomic E-state index is 0.0658. The van der Waals surface area contributed by atoms with Gasteiger partial charge in [0.25, 0.3) is 5.91 Å². The van der Waals surface area contributed by atoms with Crippen molar-refractivity contribution in [3.63, 3.8) is 0 Å². The first-order chi connectivity index (χ1) is 14.8. The summed E-state index contributed by atoms with van der Waals surface area (Å²) >= 11 is 0. The van der Waals surface area contributed by atoms with Gasteiger partial charge >= 0.3 is 0 Å². The number of amides is 2. The van der Waals surface area contributed by atoms with Crippen molar-refractivity contribution in [3.8, 4) is 5.75 Å². The van der Waals surface area contributed by atoms with Crippen molar-refractivity contribution >= 4 is 27.5 Å². The van der Waals surface area contributed by atoms with Crippen LogP contribution in [-0.2, 0) is 10.0 Å². The summed E-state index contributed by atoms with van der Waals surface area (Å²) in [6.45, 7) is 0.952. The van der Waals surface area contributed by atoms with Gasteiger partial charge in [0.05, 0.1) is 17.6 Å². The normalized spacial score (nSPS) is 15.2. The van der Waals surface area contributed by atoms with Crippen molar-refractivity contribution in [2.75, 3.05) is 32.1 Å². The quantitative estimate of drug-likeness (QED) is 0.735. The minimum atomic E-state index is -3.72. The fourth-order valence-electron chi connectivity index (χ4n) is 3.59. The Bertz CT molecular complexity index is 1060. The van der Waals surface area contributed by atoms with Gasteiger partial charge < -0.3 is 15.4 Å². The topological polar surface area (TPSA) is 110 Å². The third kappa shape index (κ3) is 4.88. The highest BCUT2D eigenvalue weighted by atomic mass is 32.2. The Morgan fingerprint density at radius 3 is 2.16 bits per heavy atom. The lowest BCUT2D eigenvalue weighted by Gasteiger charge is -2.22. The van der Waals surface area contributed by atoms with Crippen LogP contribution in [-0.4, -0.2) is 51.8 Å². The summed E-state index contributed by atoms with van der Waals surface area (Å²) in [5.74, 6) is -0.717. The van der Waals surface area contributed by atoms with Gasteiger partial charge in [-0.15, -0.1) is 0 Å². The zero-order valence-electron chi connectivity index (χ0n) is 17.7. The Kier molecular flexibility index (Phi) is 6.97. The van der Waals surface area contributed by atoms with Crippen LogP contribution in [0.3, 0.4) is 0 Å². The Hall–Kier alpha value is -2.91. The second-order valence-electron chi connectivity index (χ2n) is 7.46. The molecule has 0 atom stereocenters. The summed E-state index contributed by atoms with van der Waals surface area (Å²) in [5, 5.41) is 0. The molecule has 0 unspecified atom stereocenters. The SMILES string of the molecule is COc1ccc(S(=O)(=O)N2CCCCCC2)cc1C(=O)N(C)c1ccc(C(N)=O)cc1. The smallest absolute Gasteiger partial charge is 0.261 e. The number of nitrogens with zero attached hydrogens (tertiary/aromatic N) is 2. The van der Waals surface area contributed by atoms with E-state index in [1.54, 1.807) is 19.2 Å². The van der Waals surface area contributed by atoms with E-state index in [9.17, 15) is 18.0 Å². The minimum Gasteiger partial charge on any atom is -0.496 e. The van der Waals surface area contributed by atoms with E-state index in [0.717, 1.165) is 25.7 Å². The second kappa shape index (κ2) is 9.49. The highest BCUT2D eigenvalue weighted by Crippen LogP contribution is 2.28. The number of anilines is 1. The number of carbonyl (C=O) groups excluding carboxylic acids is 2. The van der Waals surface area contributed by atoms with Gasteiger partial charge in [-0.1, -0.05) is 12.8 Å². The fraction of sp³-hybridized carbons (Fsp3) is 0.364. The maximum atomic E-state index is 13.2. The van der Waals surface area contributed by atoms with Gasteiger partial charge in [-0.25, -0.2) is 8.42 Å². The molecule has 2 N–H and O–H groups in total. The molecule has 1 aliphatic rings. The number of hydrogen-bond acceptors (Lipinski definition) is 5. The van der Waals surface area contributed by atoms with Crippen LogP contribution in [0.25, 0.3) is 0 Å². The molecular formula is C22H27N3O5S. The molecule has 3 rings (SSSR count). The van der Waals surface area contributed by atoms with Gasteiger partial charge in [0.1, 0.15) is 5.75 Å². The lowest BCUT2D eigenvalue weighted by Crippen LogP contribution is -2.32. The molecule has 31 heavy (non-hydrogen) atoms. The van der Waals surface area contributed by atoms with E-state index in [4.69, 9.17) is 10.5 Å². The van der Waals surface area contributed by atoms with Gasteiger partial charge in [-0.2, -0.15) is 4.31 Å². The number of benzene rings is 2. The summed E-state index contributed by atoms with van der Waals surface area (Å²) in [6, 6.07) is 10.6. The van der Waals surface area contributed by atoms with E-state index in [1.807, 2.05) is 0 Å². The number of carbonyl (C=O) groups is 2. The average molecular weight is 446 g/mol. The van der Waals surface area contributed by atoms with Crippen LogP contribution in [0.15, 0.2) is 47.4 Å². The number of ether oxygens (including phenoxy) is 1. The van der Waals surface area contributed by atoms with Crippen LogP contribution in [0.4, 0.5) is 5.69 Å². The van der Waals surface area contributed by atoms with Crippen LogP contribution < -0.4 is 15.4 Å². The zero-order valence-corrected chi connectivity index (χ0v) is 18.5. The first-order valence-electron chi connectivity index (χ1n) is 10.1. The van der Waals surface area contributed by atoms with E-state index in [0.29, 0.717) is 24.3 Å². The third-order valence-electron chi connectivity index (χ3n) is 5.45. The van der Waals surface area contributed by atoms with Crippen molar-refractivity contribution < 1.29 is 22.7 Å². The lowest BCUT2D eigenvalue weighted by atomic mass is 10.1. The van der Waals surface area contributed by atoms with Gasteiger partial charge in [0.15, 0.2) is 0 Å². The summed E-state index contributed by atoms with van der Waals surface area (Å²) in [4.78, 5) is 25.9. The summed E-state index contributed by atoms with van der Waals surface area (Å²) in [7, 11) is -0.722. The summed E-state index contributed by atoms with van der Waals surface area (Å²) in [6.07, 6.45) is 3.67. The zero-order chi connectivity index (χ0) is 22.6. The first kappa shape index (κ1) is 22.8. The number of hydrogen-bond donors (Lipinski definition) is 1. The predicted molar refractivity (Wildman–Crippen MR) is 118 cm³/mol. The molecule has 0 spiro atoms. The molecule has 0 aromatic heterocycles. The van der Waals surface area contributed by atoms with Crippen LogP contribution in [0.2, 0.25) is 0 Å². The molecule has 9 heteroatoms. The van der Waals surface area contributed by atoms with Crippen molar-refractivity contribution in [3.05, 3.63) is 53.6 Å². The van der Waals surface area contributed by atoms with Crippen LogP contribution in [0.5, 0.6) is 5.75 Å². The molecule has 2 aromatic rings. The van der Waals surface area contributed by atoms with Gasteiger partial charge in [0, 0.05) is 31.4 Å². The Morgan fingerprint density at radius 1 is 1.00 bits per heavy atom. The van der Waals surface area contributed by atoms with Crippen molar-refractivity contribution in [2.45, 2.75) is 30.6 Å². The number of sulfonamides is 1. The van der Waals surface area contributed by atoms with Crippen LogP contribution in [0, 0.1) is 0 Å². The van der Waals surface area contributed by atoms with Crippen LogP contribution in [0.1, 0.15) is 46.4 Å². The molecule has 1 fully saturated rings. The van der Waals surface area contributed by atoms with Gasteiger partial charge in [0.2, 0.25) is 15.9 Å². The molecule has 2 amide bonds. The number of primary amides is 1. The lowest BCUT2D eigenvalue weighted by molar-refractivity contribution is 0.0986. The monoisotopic (exact) mass is 445 g/mol. The Balaban J connectivity index is 1.94. The highest BCUT2D eigenvalue weighted by Gasteiger charge is 2.28. The second-order valence-corrected chi connectivity index (χ2v) is 9.39. The summed E-state index contributed by atoms with van der Waals surface area (Å²) in [5.41, 5.74) is 6.25. The molecule has 1 aliphatic heterocycles. The molecule has 2 aromatic carbocycles. The largest absolute Gasteiger partial charge is 0.496 e. The van der Waals surface area contributed by atoms with Crippen molar-refractivity contribution in [1.29, 1.82) is 0 Å². The van der Waals surface area contributed by atoms with Gasteiger partial charge in [-0.3, -0.25) is 9.59 Å². The first-order valence-corrected chi connectivity index (χ1v) is 11.6. The molecule has 0 saturated carbocycles. The van der Waals surface area contributed by atoms with E-state index in [-0.39, 0.29) is 16.2 Å². The van der Waals surface area contributed by atoms with Crippen molar-refractivity contribution in [2.24, 2.45) is 5.73 Å². The average Bonchev–Trinajstić information content (AvgIpc) is 3.08. The van der Waals surface area contributed by atoms with Gasteiger partial charge in [-0.05, 0) is 55.3 Å². The Labute approximate surface area is 182 Å². The number of nitrogens with two attached hydrogens (primary N) is 1. The maximum Gasteiger partial charge on any atom is 0.261 e. The van der Waals surface area contributed by atoms with E-state index in [1.165, 1.54) is 46.6 Å².